The van der Waals surface area contributed by atoms with E-state index in [-0.39, 0.29) is 16.8 Å². The van der Waals surface area contributed by atoms with Crippen LogP contribution in [0.1, 0.15) is 38.2 Å². The summed E-state index contributed by atoms with van der Waals surface area (Å²) in [4.78, 5) is 23.9. The molecule has 2 N–H and O–H groups in total. The lowest BCUT2D eigenvalue weighted by Crippen LogP contribution is -2.42. The summed E-state index contributed by atoms with van der Waals surface area (Å²) in [6.45, 7) is 2.92. The molecule has 1 amide bonds. The summed E-state index contributed by atoms with van der Waals surface area (Å²) in [5, 5.41) is 2.91. The Balaban J connectivity index is 1.39. The van der Waals surface area contributed by atoms with E-state index >= 15 is 0 Å². The van der Waals surface area contributed by atoms with Crippen LogP contribution < -0.4 is 10.0 Å². The molecule has 0 unspecified atom stereocenters. The summed E-state index contributed by atoms with van der Waals surface area (Å²) < 4.78 is 31.4. The number of hydrogen-bond donors (Lipinski definition) is 2. The first-order valence-corrected chi connectivity index (χ1v) is 11.2. The Morgan fingerprint density at radius 3 is 2.50 bits per heavy atom. The van der Waals surface area contributed by atoms with Crippen molar-refractivity contribution in [1.29, 1.82) is 0 Å². The van der Waals surface area contributed by atoms with Gasteiger partial charge in [0.1, 0.15) is 6.54 Å². The number of nitrogens with one attached hydrogen (secondary N) is 2. The minimum Gasteiger partial charge on any atom is -0.455 e. The second-order valence-electron chi connectivity index (χ2n) is 7.99. The van der Waals surface area contributed by atoms with Gasteiger partial charge in [-0.15, -0.1) is 0 Å². The van der Waals surface area contributed by atoms with Gasteiger partial charge in [0.25, 0.3) is 5.91 Å². The topological polar surface area (TPSA) is 102 Å². The maximum absolute atomic E-state index is 12.1. The van der Waals surface area contributed by atoms with Crippen molar-refractivity contribution in [2.45, 2.75) is 50.5 Å². The molecule has 8 heteroatoms. The minimum absolute atomic E-state index is 0.0570. The van der Waals surface area contributed by atoms with E-state index in [2.05, 4.69) is 10.0 Å². The van der Waals surface area contributed by atoms with Crippen molar-refractivity contribution in [1.82, 2.24) is 10.0 Å². The third-order valence-corrected chi connectivity index (χ3v) is 7.34. The zero-order valence-corrected chi connectivity index (χ0v) is 17.1. The highest BCUT2D eigenvalue weighted by Gasteiger charge is 2.42. The van der Waals surface area contributed by atoms with Crippen LogP contribution in [0.25, 0.3) is 0 Å². The smallest absolute Gasteiger partial charge is 0.321 e. The Kier molecular flexibility index (Phi) is 6.40. The van der Waals surface area contributed by atoms with E-state index in [1.165, 1.54) is 31.4 Å². The second-order valence-corrected chi connectivity index (χ2v) is 9.76. The summed E-state index contributed by atoms with van der Waals surface area (Å²) in [6, 6.07) is 6.34. The Bertz CT molecular complexity index is 822. The molecule has 1 aromatic rings. The molecule has 154 valence electrons. The van der Waals surface area contributed by atoms with Gasteiger partial charge >= 0.3 is 5.97 Å². The molecule has 2 bridgehead atoms. The van der Waals surface area contributed by atoms with Crippen LogP contribution in [-0.2, 0) is 24.3 Å². The number of carbonyl (C=O) groups is 2. The lowest BCUT2D eigenvalue weighted by Gasteiger charge is -2.28. The van der Waals surface area contributed by atoms with Gasteiger partial charge < -0.3 is 10.1 Å². The fourth-order valence-corrected chi connectivity index (χ4v) is 5.43. The molecule has 3 rings (SSSR count). The number of hydrogen-bond acceptors (Lipinski definition) is 5. The molecule has 0 heterocycles. The van der Waals surface area contributed by atoms with Crippen LogP contribution in [0, 0.1) is 24.7 Å². The number of aryl methyl sites for hydroxylation is 1. The molecule has 2 saturated carbocycles. The van der Waals surface area contributed by atoms with Crippen molar-refractivity contribution in [3.05, 3.63) is 29.8 Å². The lowest BCUT2D eigenvalue weighted by molar-refractivity contribution is -0.147. The fourth-order valence-electron chi connectivity index (χ4n) is 4.46. The molecule has 2 aliphatic carbocycles. The van der Waals surface area contributed by atoms with Gasteiger partial charge in [0, 0.05) is 6.04 Å². The first kappa shape index (κ1) is 20.8. The highest BCUT2D eigenvalue weighted by atomic mass is 32.2. The van der Waals surface area contributed by atoms with E-state index in [1.54, 1.807) is 12.1 Å². The van der Waals surface area contributed by atoms with Crippen molar-refractivity contribution in [3.8, 4) is 0 Å². The predicted octanol–water partition coefficient (Wildman–Crippen LogP) is 1.76. The van der Waals surface area contributed by atoms with E-state index in [1.807, 2.05) is 13.8 Å². The first-order chi connectivity index (χ1) is 13.2. The number of carbonyl (C=O) groups excluding carboxylic acids is 2. The minimum atomic E-state index is -3.80. The molecule has 1 aromatic carbocycles. The van der Waals surface area contributed by atoms with Gasteiger partial charge in [-0.1, -0.05) is 24.1 Å². The molecular formula is C20H28N2O5S. The van der Waals surface area contributed by atoms with Crippen LogP contribution in [-0.4, -0.2) is 39.5 Å². The Morgan fingerprint density at radius 2 is 1.89 bits per heavy atom. The molecule has 28 heavy (non-hydrogen) atoms. The van der Waals surface area contributed by atoms with Gasteiger partial charge in [-0.05, 0) is 63.0 Å². The van der Waals surface area contributed by atoms with Crippen LogP contribution >= 0.6 is 0 Å². The molecule has 7 nitrogen and oxygen atoms in total. The maximum Gasteiger partial charge on any atom is 0.321 e. The number of benzene rings is 1. The van der Waals surface area contributed by atoms with Gasteiger partial charge in [-0.25, -0.2) is 8.42 Å². The van der Waals surface area contributed by atoms with E-state index in [9.17, 15) is 18.0 Å². The van der Waals surface area contributed by atoms with Gasteiger partial charge in [0.2, 0.25) is 10.0 Å². The number of rotatable bonds is 8. The normalized spacial score (nSPS) is 24.7. The zero-order chi connectivity index (χ0) is 20.3. The Labute approximate surface area is 166 Å². The largest absolute Gasteiger partial charge is 0.455 e. The highest BCUT2D eigenvalue weighted by molar-refractivity contribution is 7.89. The highest BCUT2D eigenvalue weighted by Crippen LogP contribution is 2.49. The van der Waals surface area contributed by atoms with Crippen LogP contribution in [0.3, 0.4) is 0 Å². The van der Waals surface area contributed by atoms with Crippen LogP contribution in [0.2, 0.25) is 0 Å². The number of sulfonamides is 1. The van der Waals surface area contributed by atoms with Crippen molar-refractivity contribution in [3.63, 3.8) is 0 Å². The number of ether oxygens (including phenoxy) is 1. The van der Waals surface area contributed by atoms with Crippen LogP contribution in [0.15, 0.2) is 29.2 Å². The molecule has 0 aromatic heterocycles. The summed E-state index contributed by atoms with van der Waals surface area (Å²) >= 11 is 0. The molecule has 0 aliphatic heterocycles. The molecule has 0 saturated heterocycles. The summed E-state index contributed by atoms with van der Waals surface area (Å²) in [6.07, 6.45) is 4.97. The molecule has 0 radical (unpaired) electrons. The lowest BCUT2D eigenvalue weighted by atomic mass is 9.84. The summed E-state index contributed by atoms with van der Waals surface area (Å²) in [5.41, 5.74) is 0.934. The predicted molar refractivity (Wildman–Crippen MR) is 104 cm³/mol. The number of fused-ring (bicyclic) bond motifs is 2. The fraction of sp³-hybridized carbons (Fsp3) is 0.600. The molecule has 0 spiro atoms. The van der Waals surface area contributed by atoms with E-state index in [4.69, 9.17) is 4.74 Å². The maximum atomic E-state index is 12.1. The van der Waals surface area contributed by atoms with E-state index in [0.29, 0.717) is 11.8 Å². The van der Waals surface area contributed by atoms with E-state index < -0.39 is 29.1 Å². The Morgan fingerprint density at radius 1 is 1.18 bits per heavy atom. The van der Waals surface area contributed by atoms with Gasteiger partial charge in [0.05, 0.1) is 4.90 Å². The average molecular weight is 409 g/mol. The SMILES string of the molecule is Cc1ccc(S(=O)(=O)NCC(=O)OCC(=O)N[C@@H](C)[C@@H]2C[C@H]3CC[C@H]2C3)cc1. The van der Waals surface area contributed by atoms with Crippen LogP contribution in [0.5, 0.6) is 0 Å². The van der Waals surface area contributed by atoms with Gasteiger partial charge in [-0.2, -0.15) is 4.72 Å². The van der Waals surface area contributed by atoms with Crippen molar-refractivity contribution in [2.24, 2.45) is 17.8 Å². The first-order valence-electron chi connectivity index (χ1n) is 9.76. The third-order valence-electron chi connectivity index (χ3n) is 5.93. The third kappa shape index (κ3) is 5.11. The zero-order valence-electron chi connectivity index (χ0n) is 16.3. The number of esters is 1. The number of amides is 1. The molecular weight excluding hydrogens is 380 g/mol. The molecule has 2 fully saturated rings. The second kappa shape index (κ2) is 8.61. The quantitative estimate of drug-likeness (QED) is 0.638. The standard InChI is InChI=1S/C20H28N2O5S/c1-13-3-7-17(8-4-13)28(25,26)21-11-20(24)27-12-19(23)22-14(2)18-10-15-5-6-16(18)9-15/h3-4,7-8,14-16,18,21H,5-6,9-12H2,1-2H3,(H,22,23)/t14-,15-,16-,18-/m0/s1. The van der Waals surface area contributed by atoms with Crippen molar-refractivity contribution < 1.29 is 22.7 Å². The Hall–Kier alpha value is -1.93. The monoisotopic (exact) mass is 408 g/mol. The van der Waals surface area contributed by atoms with Crippen molar-refractivity contribution in [2.75, 3.05) is 13.2 Å². The van der Waals surface area contributed by atoms with E-state index in [0.717, 1.165) is 17.9 Å². The van der Waals surface area contributed by atoms with Crippen molar-refractivity contribution >= 4 is 21.9 Å². The van der Waals surface area contributed by atoms with Gasteiger partial charge in [0.15, 0.2) is 6.61 Å². The van der Waals surface area contributed by atoms with Gasteiger partial charge in [-0.3, -0.25) is 9.59 Å². The average Bonchev–Trinajstić information content (AvgIpc) is 3.28. The molecule has 2 aliphatic rings. The summed E-state index contributed by atoms with van der Waals surface area (Å²) in [5.74, 6) is 0.843. The summed E-state index contributed by atoms with van der Waals surface area (Å²) in [7, 11) is -3.80. The molecule has 4 atom stereocenters. The van der Waals surface area contributed by atoms with Crippen LogP contribution in [0.4, 0.5) is 0 Å².